The standard InChI is InChI=1S/C16H15FN6/c1-9(2)21-16-20-6-12-11(5-19-15(12)22-16)10-3-4-14-18-7-13(17)23(14)8-10/h3-9H,1-2H3,(H2,19,20,21,22). The van der Waals surface area contributed by atoms with Crippen molar-refractivity contribution in [2.24, 2.45) is 0 Å². The average Bonchev–Trinajstić information content (AvgIpc) is 3.10. The van der Waals surface area contributed by atoms with Crippen LogP contribution >= 0.6 is 0 Å². The second kappa shape index (κ2) is 5.05. The summed E-state index contributed by atoms with van der Waals surface area (Å²) in [5, 5.41) is 4.06. The quantitative estimate of drug-likeness (QED) is 0.609. The molecule has 4 aromatic heterocycles. The van der Waals surface area contributed by atoms with Crippen molar-refractivity contribution < 1.29 is 4.39 Å². The van der Waals surface area contributed by atoms with Crippen LogP contribution in [0.15, 0.2) is 36.9 Å². The number of hydrogen-bond acceptors (Lipinski definition) is 4. The molecule has 0 saturated heterocycles. The molecule has 116 valence electrons. The Morgan fingerprint density at radius 2 is 2.09 bits per heavy atom. The fourth-order valence-electron chi connectivity index (χ4n) is 2.58. The van der Waals surface area contributed by atoms with E-state index in [1.54, 1.807) is 18.5 Å². The number of nitrogens with zero attached hydrogens (tertiary/aromatic N) is 4. The number of aromatic nitrogens is 5. The predicted octanol–water partition coefficient (Wildman–Crippen LogP) is 3.23. The highest BCUT2D eigenvalue weighted by atomic mass is 19.1. The fourth-order valence-corrected chi connectivity index (χ4v) is 2.58. The van der Waals surface area contributed by atoms with Gasteiger partial charge in [0, 0.05) is 41.1 Å². The van der Waals surface area contributed by atoms with Gasteiger partial charge in [-0.15, -0.1) is 0 Å². The fraction of sp³-hybridized carbons (Fsp3) is 0.188. The van der Waals surface area contributed by atoms with Crippen molar-refractivity contribution in [1.82, 2.24) is 24.3 Å². The first-order valence-electron chi connectivity index (χ1n) is 7.35. The molecule has 23 heavy (non-hydrogen) atoms. The number of hydrogen-bond donors (Lipinski definition) is 2. The summed E-state index contributed by atoms with van der Waals surface area (Å²) in [5.74, 6) is 0.193. The molecule has 7 heteroatoms. The zero-order chi connectivity index (χ0) is 16.0. The predicted molar refractivity (Wildman–Crippen MR) is 86.8 cm³/mol. The van der Waals surface area contributed by atoms with Gasteiger partial charge < -0.3 is 10.3 Å². The van der Waals surface area contributed by atoms with Crippen LogP contribution in [-0.2, 0) is 0 Å². The molecule has 4 rings (SSSR count). The number of imidazole rings is 1. The Bertz CT molecular complexity index is 1000. The summed E-state index contributed by atoms with van der Waals surface area (Å²) in [7, 11) is 0. The van der Waals surface area contributed by atoms with Crippen LogP contribution in [-0.4, -0.2) is 30.4 Å². The molecule has 0 fully saturated rings. The first-order chi connectivity index (χ1) is 11.1. The average molecular weight is 310 g/mol. The molecule has 0 bridgehead atoms. The molecule has 0 aliphatic carbocycles. The van der Waals surface area contributed by atoms with Crippen molar-refractivity contribution in [3.8, 4) is 11.1 Å². The number of anilines is 1. The molecule has 0 aliphatic heterocycles. The Labute approximate surface area is 131 Å². The zero-order valence-electron chi connectivity index (χ0n) is 12.7. The Balaban J connectivity index is 1.82. The summed E-state index contributed by atoms with van der Waals surface area (Å²) in [4.78, 5) is 15.9. The first-order valence-corrected chi connectivity index (χ1v) is 7.35. The minimum Gasteiger partial charge on any atom is -0.352 e. The van der Waals surface area contributed by atoms with Gasteiger partial charge in [-0.25, -0.2) is 9.97 Å². The Morgan fingerprint density at radius 3 is 2.91 bits per heavy atom. The van der Waals surface area contributed by atoms with Crippen LogP contribution in [0.3, 0.4) is 0 Å². The Morgan fingerprint density at radius 1 is 1.22 bits per heavy atom. The minimum absolute atomic E-state index is 0.258. The molecule has 2 N–H and O–H groups in total. The SMILES string of the molecule is CC(C)Nc1ncc2c(-c3ccc4ncc(F)n4c3)c[nH]c2n1. The Kier molecular flexibility index (Phi) is 3.00. The Hall–Kier alpha value is -2.96. The first kappa shape index (κ1) is 13.7. The second-order valence-electron chi connectivity index (χ2n) is 5.68. The van der Waals surface area contributed by atoms with E-state index in [1.807, 2.05) is 26.1 Å². The number of fused-ring (bicyclic) bond motifs is 2. The van der Waals surface area contributed by atoms with Gasteiger partial charge in [0.1, 0.15) is 11.3 Å². The van der Waals surface area contributed by atoms with Gasteiger partial charge in [-0.2, -0.15) is 9.37 Å². The van der Waals surface area contributed by atoms with E-state index < -0.39 is 0 Å². The topological polar surface area (TPSA) is 70.9 Å². The van der Waals surface area contributed by atoms with Crippen LogP contribution in [0, 0.1) is 5.95 Å². The minimum atomic E-state index is -0.388. The zero-order valence-corrected chi connectivity index (χ0v) is 12.7. The highest BCUT2D eigenvalue weighted by Crippen LogP contribution is 2.28. The summed E-state index contributed by atoms with van der Waals surface area (Å²) in [6.45, 7) is 4.06. The number of rotatable bonds is 3. The lowest BCUT2D eigenvalue weighted by atomic mass is 10.1. The smallest absolute Gasteiger partial charge is 0.224 e. The lowest BCUT2D eigenvalue weighted by Crippen LogP contribution is -2.12. The van der Waals surface area contributed by atoms with E-state index in [0.717, 1.165) is 22.2 Å². The molecule has 0 unspecified atom stereocenters. The lowest BCUT2D eigenvalue weighted by Gasteiger charge is -2.07. The highest BCUT2D eigenvalue weighted by Gasteiger charge is 2.11. The van der Waals surface area contributed by atoms with Gasteiger partial charge in [0.05, 0.1) is 6.20 Å². The van der Waals surface area contributed by atoms with E-state index in [0.29, 0.717) is 11.6 Å². The van der Waals surface area contributed by atoms with Gasteiger partial charge in [-0.1, -0.05) is 0 Å². The summed E-state index contributed by atoms with van der Waals surface area (Å²) in [6, 6.07) is 3.95. The van der Waals surface area contributed by atoms with Gasteiger partial charge in [0.15, 0.2) is 0 Å². The van der Waals surface area contributed by atoms with E-state index in [9.17, 15) is 4.39 Å². The van der Waals surface area contributed by atoms with Gasteiger partial charge in [-0.3, -0.25) is 4.40 Å². The second-order valence-corrected chi connectivity index (χ2v) is 5.68. The number of nitrogens with one attached hydrogen (secondary N) is 2. The van der Waals surface area contributed by atoms with E-state index in [2.05, 4.69) is 25.3 Å². The van der Waals surface area contributed by atoms with Gasteiger partial charge in [0.25, 0.3) is 0 Å². The molecule has 0 radical (unpaired) electrons. The summed E-state index contributed by atoms with van der Waals surface area (Å²) in [6.07, 6.45) is 6.56. The molecule has 6 nitrogen and oxygen atoms in total. The third-order valence-electron chi connectivity index (χ3n) is 3.62. The van der Waals surface area contributed by atoms with Crippen LogP contribution < -0.4 is 5.32 Å². The van der Waals surface area contributed by atoms with Crippen molar-refractivity contribution in [3.63, 3.8) is 0 Å². The largest absolute Gasteiger partial charge is 0.352 e. The molecular weight excluding hydrogens is 295 g/mol. The number of pyridine rings is 1. The normalized spacial score (nSPS) is 11.7. The third kappa shape index (κ3) is 2.30. The maximum atomic E-state index is 13.7. The maximum Gasteiger partial charge on any atom is 0.224 e. The van der Waals surface area contributed by atoms with Crippen LogP contribution in [0.5, 0.6) is 0 Å². The number of halogens is 1. The van der Waals surface area contributed by atoms with Crippen LogP contribution in [0.1, 0.15) is 13.8 Å². The molecule has 0 spiro atoms. The van der Waals surface area contributed by atoms with E-state index in [-0.39, 0.29) is 12.0 Å². The van der Waals surface area contributed by atoms with Crippen molar-refractivity contribution >= 4 is 22.6 Å². The van der Waals surface area contributed by atoms with Crippen molar-refractivity contribution in [2.75, 3.05) is 5.32 Å². The molecular formula is C16H15FN6. The van der Waals surface area contributed by atoms with Gasteiger partial charge >= 0.3 is 0 Å². The maximum absolute atomic E-state index is 13.7. The van der Waals surface area contributed by atoms with Crippen LogP contribution in [0.2, 0.25) is 0 Å². The number of aromatic amines is 1. The van der Waals surface area contributed by atoms with E-state index >= 15 is 0 Å². The molecule has 0 atom stereocenters. The molecule has 4 heterocycles. The van der Waals surface area contributed by atoms with Crippen LogP contribution in [0.25, 0.3) is 27.8 Å². The van der Waals surface area contributed by atoms with Crippen molar-refractivity contribution in [2.45, 2.75) is 19.9 Å². The monoisotopic (exact) mass is 310 g/mol. The summed E-state index contributed by atoms with van der Waals surface area (Å²) in [5.41, 5.74) is 3.11. The van der Waals surface area contributed by atoms with Crippen molar-refractivity contribution in [3.05, 3.63) is 42.9 Å². The molecule has 0 aliphatic rings. The lowest BCUT2D eigenvalue weighted by molar-refractivity contribution is 0.573. The molecule has 0 saturated carbocycles. The highest BCUT2D eigenvalue weighted by molar-refractivity contribution is 5.93. The third-order valence-corrected chi connectivity index (χ3v) is 3.62. The van der Waals surface area contributed by atoms with Gasteiger partial charge in [0.2, 0.25) is 11.9 Å². The summed E-state index contributed by atoms with van der Waals surface area (Å²) < 4.78 is 15.1. The van der Waals surface area contributed by atoms with Crippen LogP contribution in [0.4, 0.5) is 10.3 Å². The van der Waals surface area contributed by atoms with E-state index in [4.69, 9.17) is 0 Å². The van der Waals surface area contributed by atoms with Crippen molar-refractivity contribution in [1.29, 1.82) is 0 Å². The molecule has 0 amide bonds. The van der Waals surface area contributed by atoms with E-state index in [1.165, 1.54) is 10.6 Å². The van der Waals surface area contributed by atoms with Gasteiger partial charge in [-0.05, 0) is 26.0 Å². The molecule has 0 aromatic carbocycles. The number of H-pyrrole nitrogens is 1. The molecule has 4 aromatic rings. The summed E-state index contributed by atoms with van der Waals surface area (Å²) >= 11 is 0.